The summed E-state index contributed by atoms with van der Waals surface area (Å²) in [6.45, 7) is 5.60. The predicted molar refractivity (Wildman–Crippen MR) is 140 cm³/mol. The van der Waals surface area contributed by atoms with E-state index in [0.717, 1.165) is 37.6 Å². The number of guanidine groups is 1. The molecule has 2 atom stereocenters. The van der Waals surface area contributed by atoms with Crippen molar-refractivity contribution in [3.63, 3.8) is 0 Å². The molecule has 0 radical (unpaired) electrons. The fraction of sp³-hybridized carbons (Fsp3) is 0.480. The second-order valence-electron chi connectivity index (χ2n) is 8.70. The molecule has 2 aromatic carbocycles. The molecule has 2 N–H and O–H groups in total. The Bertz CT molecular complexity index is 891. The van der Waals surface area contributed by atoms with E-state index in [9.17, 15) is 4.39 Å². The van der Waals surface area contributed by atoms with Gasteiger partial charge < -0.3 is 20.3 Å². The van der Waals surface area contributed by atoms with Gasteiger partial charge in [0.15, 0.2) is 17.5 Å². The van der Waals surface area contributed by atoms with Gasteiger partial charge >= 0.3 is 0 Å². The maximum absolute atomic E-state index is 14.4. The van der Waals surface area contributed by atoms with Crippen LogP contribution in [0, 0.1) is 17.7 Å². The number of hydrogen-bond donors (Lipinski definition) is 2. The van der Waals surface area contributed by atoms with E-state index in [1.165, 1.54) is 18.5 Å². The Kier molecular flexibility index (Phi) is 9.02. The van der Waals surface area contributed by atoms with Gasteiger partial charge in [0.2, 0.25) is 0 Å². The summed E-state index contributed by atoms with van der Waals surface area (Å²) in [7, 11) is 1.77. The highest BCUT2D eigenvalue weighted by Gasteiger charge is 2.24. The lowest BCUT2D eigenvalue weighted by molar-refractivity contribution is 0.285. The maximum Gasteiger partial charge on any atom is 0.191 e. The molecule has 32 heavy (non-hydrogen) atoms. The van der Waals surface area contributed by atoms with E-state index in [1.807, 2.05) is 13.0 Å². The lowest BCUT2D eigenvalue weighted by Gasteiger charge is -2.21. The number of hydrogen-bond acceptors (Lipinski definition) is 3. The number of benzene rings is 2. The Balaban J connectivity index is 0.00000289. The summed E-state index contributed by atoms with van der Waals surface area (Å²) in [5, 5.41) is 6.82. The van der Waals surface area contributed by atoms with Gasteiger partial charge in [0.1, 0.15) is 0 Å². The molecule has 1 aliphatic carbocycles. The number of halogens is 2. The minimum Gasteiger partial charge on any atom is -0.490 e. The average molecular weight is 552 g/mol. The first-order valence-corrected chi connectivity index (χ1v) is 11.3. The summed E-state index contributed by atoms with van der Waals surface area (Å²) in [6, 6.07) is 15.7. The van der Waals surface area contributed by atoms with E-state index in [1.54, 1.807) is 19.2 Å². The molecule has 174 valence electrons. The zero-order valence-corrected chi connectivity index (χ0v) is 21.2. The van der Waals surface area contributed by atoms with Crippen molar-refractivity contribution < 1.29 is 9.13 Å². The Hall–Kier alpha value is -2.03. The van der Waals surface area contributed by atoms with E-state index in [2.05, 4.69) is 50.9 Å². The molecule has 1 saturated heterocycles. The van der Waals surface area contributed by atoms with Crippen molar-refractivity contribution in [3.05, 3.63) is 59.9 Å². The zero-order valence-electron chi connectivity index (χ0n) is 18.9. The van der Waals surface area contributed by atoms with Crippen LogP contribution in [-0.4, -0.2) is 39.2 Å². The fourth-order valence-corrected chi connectivity index (χ4v) is 3.99. The molecule has 4 rings (SSSR count). The molecule has 7 heteroatoms. The third kappa shape index (κ3) is 6.73. The molecule has 0 aromatic heterocycles. The summed E-state index contributed by atoms with van der Waals surface area (Å²) in [6.07, 6.45) is 3.54. The molecule has 1 saturated carbocycles. The van der Waals surface area contributed by atoms with Crippen LogP contribution in [0.1, 0.15) is 37.8 Å². The molecule has 0 spiro atoms. The first-order valence-electron chi connectivity index (χ1n) is 11.3. The molecule has 0 amide bonds. The van der Waals surface area contributed by atoms with Crippen LogP contribution in [-0.2, 0) is 0 Å². The molecule has 5 nitrogen and oxygen atoms in total. The minimum absolute atomic E-state index is 0. The molecule has 2 aromatic rings. The van der Waals surface area contributed by atoms with Crippen LogP contribution in [0.3, 0.4) is 0 Å². The van der Waals surface area contributed by atoms with Crippen LogP contribution in [0.2, 0.25) is 0 Å². The Labute approximate surface area is 207 Å². The van der Waals surface area contributed by atoms with Crippen molar-refractivity contribution in [2.24, 2.45) is 16.8 Å². The molecule has 2 aliphatic rings. The largest absolute Gasteiger partial charge is 0.490 e. The molecular formula is C25H34FIN4O. The molecule has 2 fully saturated rings. The normalized spacial score (nSPS) is 19.3. The van der Waals surface area contributed by atoms with Crippen molar-refractivity contribution in [1.82, 2.24) is 10.6 Å². The Morgan fingerprint density at radius 3 is 2.62 bits per heavy atom. The smallest absolute Gasteiger partial charge is 0.191 e. The predicted octanol–water partition coefficient (Wildman–Crippen LogP) is 4.99. The second kappa shape index (κ2) is 11.7. The monoisotopic (exact) mass is 552 g/mol. The lowest BCUT2D eigenvalue weighted by Crippen LogP contribution is -2.41. The highest BCUT2D eigenvalue weighted by molar-refractivity contribution is 14.0. The van der Waals surface area contributed by atoms with Gasteiger partial charge in [-0.3, -0.25) is 4.99 Å². The number of para-hydroxylation sites is 1. The van der Waals surface area contributed by atoms with E-state index in [4.69, 9.17) is 4.74 Å². The van der Waals surface area contributed by atoms with Crippen molar-refractivity contribution in [1.29, 1.82) is 0 Å². The van der Waals surface area contributed by atoms with E-state index in [0.29, 0.717) is 24.2 Å². The van der Waals surface area contributed by atoms with Crippen LogP contribution in [0.5, 0.6) is 5.75 Å². The number of ether oxygens (including phenoxy) is 1. The number of aliphatic imine (C=N–C) groups is 1. The third-order valence-corrected chi connectivity index (χ3v) is 6.17. The van der Waals surface area contributed by atoms with Crippen molar-refractivity contribution >= 4 is 35.6 Å². The number of nitrogens with one attached hydrogen (secondary N) is 2. The first-order chi connectivity index (χ1) is 15.1. The molecule has 1 aliphatic heterocycles. The Morgan fingerprint density at radius 1 is 1.16 bits per heavy atom. The summed E-state index contributed by atoms with van der Waals surface area (Å²) < 4.78 is 20.0. The third-order valence-electron chi connectivity index (χ3n) is 6.17. The number of nitrogens with zero attached hydrogens (tertiary/aromatic N) is 2. The summed E-state index contributed by atoms with van der Waals surface area (Å²) in [4.78, 5) is 6.78. The van der Waals surface area contributed by atoms with Gasteiger partial charge in [-0.15, -0.1) is 24.0 Å². The summed E-state index contributed by atoms with van der Waals surface area (Å²) in [5.41, 5.74) is 2.16. The number of anilines is 1. The maximum atomic E-state index is 14.4. The van der Waals surface area contributed by atoms with Crippen LogP contribution in [0.25, 0.3) is 0 Å². The van der Waals surface area contributed by atoms with E-state index < -0.39 is 0 Å². The minimum atomic E-state index is -0.304. The topological polar surface area (TPSA) is 48.9 Å². The van der Waals surface area contributed by atoms with Gasteiger partial charge in [-0.1, -0.05) is 24.3 Å². The highest BCUT2D eigenvalue weighted by Crippen LogP contribution is 2.30. The fourth-order valence-electron chi connectivity index (χ4n) is 3.99. The zero-order chi connectivity index (χ0) is 21.6. The van der Waals surface area contributed by atoms with Gasteiger partial charge in [0.05, 0.1) is 12.6 Å². The number of rotatable bonds is 8. The SMILES string of the molecule is CN=C(NCC1CCN(c2ccccc2)C1)NC(C)c1ccc(OCC2CC2)c(F)c1.I. The average Bonchev–Trinajstić information content (AvgIpc) is 3.51. The van der Waals surface area contributed by atoms with E-state index >= 15 is 0 Å². The van der Waals surface area contributed by atoms with Gasteiger partial charge in [-0.05, 0) is 67.9 Å². The van der Waals surface area contributed by atoms with Gasteiger partial charge in [-0.2, -0.15) is 0 Å². The van der Waals surface area contributed by atoms with Crippen LogP contribution >= 0.6 is 24.0 Å². The second-order valence-corrected chi connectivity index (χ2v) is 8.70. The van der Waals surface area contributed by atoms with Crippen molar-refractivity contribution in [2.45, 2.75) is 32.2 Å². The summed E-state index contributed by atoms with van der Waals surface area (Å²) in [5.74, 6) is 1.94. The molecule has 2 unspecified atom stereocenters. The van der Waals surface area contributed by atoms with Gasteiger partial charge in [0, 0.05) is 32.4 Å². The van der Waals surface area contributed by atoms with Crippen LogP contribution < -0.4 is 20.3 Å². The van der Waals surface area contributed by atoms with Gasteiger partial charge in [-0.25, -0.2) is 4.39 Å². The quantitative estimate of drug-likeness (QED) is 0.276. The molecular weight excluding hydrogens is 518 g/mol. The summed E-state index contributed by atoms with van der Waals surface area (Å²) >= 11 is 0. The highest BCUT2D eigenvalue weighted by atomic mass is 127. The van der Waals surface area contributed by atoms with Crippen molar-refractivity contribution in [3.8, 4) is 5.75 Å². The molecule has 1 heterocycles. The lowest BCUT2D eigenvalue weighted by atomic mass is 10.1. The Morgan fingerprint density at radius 2 is 1.94 bits per heavy atom. The molecule has 0 bridgehead atoms. The van der Waals surface area contributed by atoms with Crippen molar-refractivity contribution in [2.75, 3.05) is 38.2 Å². The van der Waals surface area contributed by atoms with Crippen LogP contribution in [0.15, 0.2) is 53.5 Å². The van der Waals surface area contributed by atoms with Gasteiger partial charge in [0.25, 0.3) is 0 Å². The van der Waals surface area contributed by atoms with Crippen LogP contribution in [0.4, 0.5) is 10.1 Å². The standard InChI is InChI=1S/C25H33FN4O.HI/c1-18(21-10-11-24(23(26)14-21)31-17-19-8-9-19)29-25(27-2)28-15-20-12-13-30(16-20)22-6-4-3-5-7-22;/h3-7,10-11,14,18-20H,8-9,12-13,15-17H2,1-2H3,(H2,27,28,29);1H. The van der Waals surface area contributed by atoms with E-state index in [-0.39, 0.29) is 35.8 Å². The first kappa shape index (κ1) is 24.6.